The van der Waals surface area contributed by atoms with Crippen molar-refractivity contribution in [2.24, 2.45) is 0 Å². The van der Waals surface area contributed by atoms with Crippen LogP contribution < -0.4 is 10.5 Å². The van der Waals surface area contributed by atoms with E-state index in [4.69, 9.17) is 27.0 Å². The molecule has 0 aliphatic heterocycles. The van der Waals surface area contributed by atoms with Gasteiger partial charge in [-0.15, -0.1) is 0 Å². The number of carbonyl (C=O) groups is 1. The minimum Gasteiger partial charge on any atom is -0.497 e. The highest BCUT2D eigenvalue weighted by molar-refractivity contribution is 8.00. The second-order valence-corrected chi connectivity index (χ2v) is 7.88. The number of thioether (sulfide) groups is 1. The third-order valence-corrected chi connectivity index (χ3v) is 5.90. The Morgan fingerprint density at radius 3 is 2.37 bits per heavy atom. The molecule has 0 aliphatic carbocycles. The number of non-ortho nitro benzene ring substituents is 1. The van der Waals surface area contributed by atoms with Crippen LogP contribution in [0, 0.1) is 43.3 Å². The van der Waals surface area contributed by atoms with Gasteiger partial charge in [-0.05, 0) is 23.8 Å². The van der Waals surface area contributed by atoms with Crippen molar-refractivity contribution in [1.82, 2.24) is 4.98 Å². The van der Waals surface area contributed by atoms with E-state index in [0.29, 0.717) is 16.9 Å². The number of benzene rings is 2. The Morgan fingerprint density at radius 1 is 1.20 bits per heavy atom. The molecule has 0 bridgehead atoms. The fourth-order valence-electron chi connectivity index (χ4n) is 3.00. The molecule has 13 heteroatoms. The lowest BCUT2D eigenvalue weighted by Gasteiger charge is -2.13. The van der Waals surface area contributed by atoms with E-state index in [-0.39, 0.29) is 44.0 Å². The zero-order valence-electron chi connectivity index (χ0n) is 17.9. The number of methoxy groups -OCH3 is 1. The van der Waals surface area contributed by atoms with Crippen molar-refractivity contribution >= 4 is 40.7 Å². The van der Waals surface area contributed by atoms with Crippen LogP contribution in [0.4, 0.5) is 11.5 Å². The van der Waals surface area contributed by atoms with Gasteiger partial charge < -0.3 is 10.5 Å². The lowest BCUT2D eigenvalue weighted by Crippen LogP contribution is -2.07. The summed E-state index contributed by atoms with van der Waals surface area (Å²) >= 11 is 6.97. The number of nitrogen functional groups attached to an aromatic ring is 1. The number of nitro benzene ring substituents is 1. The number of carbonyl (C=O) groups excluding carboxylic acids is 1. The van der Waals surface area contributed by atoms with Gasteiger partial charge >= 0.3 is 0 Å². The first kappa shape index (κ1) is 26.7. The highest BCUT2D eigenvalue weighted by Crippen LogP contribution is 2.36. The molecule has 1 aromatic heterocycles. The van der Waals surface area contributed by atoms with E-state index >= 15 is 0 Å². The lowest BCUT2D eigenvalue weighted by molar-refractivity contribution is -0.384. The highest BCUT2D eigenvalue weighted by atomic mass is 35.5. The first-order chi connectivity index (χ1) is 16.8. The predicted molar refractivity (Wildman–Crippen MR) is 129 cm³/mol. The van der Waals surface area contributed by atoms with Crippen molar-refractivity contribution in [3.63, 3.8) is 0 Å². The van der Waals surface area contributed by atoms with Gasteiger partial charge in [-0.3, -0.25) is 14.9 Å². The Bertz CT molecular complexity index is 1370. The molecular formula is C22H15ClN6O5S. The maximum Gasteiger partial charge on any atom is 0.270 e. The highest BCUT2D eigenvalue weighted by Gasteiger charge is 2.22. The topological polar surface area (TPSA) is 197 Å². The molecule has 11 nitrogen and oxygen atoms in total. The van der Waals surface area contributed by atoms with Crippen LogP contribution in [0.1, 0.15) is 21.5 Å². The largest absolute Gasteiger partial charge is 0.497 e. The molecule has 1 heterocycles. The Morgan fingerprint density at radius 2 is 1.83 bits per heavy atom. The number of rotatable bonds is 7. The number of halogens is 1. The van der Waals surface area contributed by atoms with Crippen LogP contribution >= 0.6 is 23.4 Å². The standard InChI is InChI=1S/C22H14ClN5O4S.HNO/c1-32-14-5-2-12(3-6-14)20-16(9-24)21(26)27-22(17(20)10-25)33-11-19(29)15-8-13(28(30)31)4-7-18(15)23;1-2/h2-8H,11H2,1H3,(H2,26,27);1H. The quantitative estimate of drug-likeness (QED) is 0.144. The van der Waals surface area contributed by atoms with Gasteiger partial charge in [0.25, 0.3) is 5.69 Å². The fourth-order valence-corrected chi connectivity index (χ4v) is 4.10. The van der Waals surface area contributed by atoms with E-state index in [1.807, 2.05) is 12.1 Å². The first-order valence-corrected chi connectivity index (χ1v) is 10.8. The van der Waals surface area contributed by atoms with Gasteiger partial charge in [-0.25, -0.2) is 4.98 Å². The van der Waals surface area contributed by atoms with Crippen LogP contribution in [0.15, 0.2) is 47.5 Å². The average molecular weight is 511 g/mol. The zero-order chi connectivity index (χ0) is 26.1. The van der Waals surface area contributed by atoms with Gasteiger partial charge in [-0.1, -0.05) is 41.1 Å². The fraction of sp³-hybridized carbons (Fsp3) is 0.0909. The van der Waals surface area contributed by atoms with Crippen molar-refractivity contribution in [3.05, 3.63) is 79.2 Å². The Hall–Kier alpha value is -4.52. The Balaban J connectivity index is 0.00000210. The molecule has 0 atom stereocenters. The second kappa shape index (κ2) is 12.1. The van der Waals surface area contributed by atoms with Crippen LogP contribution in [0.25, 0.3) is 11.1 Å². The minimum absolute atomic E-state index is 0.0196. The van der Waals surface area contributed by atoms with Crippen molar-refractivity contribution < 1.29 is 14.5 Å². The normalized spacial score (nSPS) is 9.71. The summed E-state index contributed by atoms with van der Waals surface area (Å²) in [5, 5.41) is 30.7. The molecule has 0 fully saturated rings. The number of nitrogens with two attached hydrogens (primary N) is 1. The molecule has 0 radical (unpaired) electrons. The number of nitrogens with one attached hydrogen (secondary N) is 1. The summed E-state index contributed by atoms with van der Waals surface area (Å²) in [7, 11) is 1.51. The van der Waals surface area contributed by atoms with Crippen LogP contribution in [0.3, 0.4) is 0 Å². The van der Waals surface area contributed by atoms with Gasteiger partial charge in [-0.2, -0.15) is 15.4 Å². The summed E-state index contributed by atoms with van der Waals surface area (Å²) in [6.45, 7) is 0. The maximum absolute atomic E-state index is 12.7. The number of pyridine rings is 1. The third-order valence-electron chi connectivity index (χ3n) is 4.60. The van der Waals surface area contributed by atoms with Gasteiger partial charge in [0.05, 0.1) is 28.4 Å². The predicted octanol–water partition coefficient (Wildman–Crippen LogP) is 4.95. The summed E-state index contributed by atoms with van der Waals surface area (Å²) in [6, 6.07) is 14.3. The van der Waals surface area contributed by atoms with E-state index < -0.39 is 10.7 Å². The van der Waals surface area contributed by atoms with Crippen molar-refractivity contribution in [2.75, 3.05) is 18.6 Å². The number of nitroso groups, excluding NO2 is 1. The molecule has 2 aromatic carbocycles. The van der Waals surface area contributed by atoms with Gasteiger partial charge in [0.1, 0.15) is 34.3 Å². The number of ether oxygens (including phenoxy) is 1. The summed E-state index contributed by atoms with van der Waals surface area (Å²) in [4.78, 5) is 34.7. The number of hydrogen-bond acceptors (Lipinski definition) is 11. The first-order valence-electron chi connectivity index (χ1n) is 9.39. The summed E-state index contributed by atoms with van der Waals surface area (Å²) in [5.74, 6) is -0.207. The van der Waals surface area contributed by atoms with E-state index in [0.717, 1.165) is 17.8 Å². The van der Waals surface area contributed by atoms with E-state index in [1.165, 1.54) is 19.2 Å². The van der Waals surface area contributed by atoms with Gasteiger partial charge in [0, 0.05) is 23.3 Å². The van der Waals surface area contributed by atoms with Gasteiger partial charge in [0.2, 0.25) is 0 Å². The molecule has 3 rings (SSSR count). The molecule has 35 heavy (non-hydrogen) atoms. The van der Waals surface area contributed by atoms with E-state index in [2.05, 4.69) is 10.6 Å². The van der Waals surface area contributed by atoms with Crippen molar-refractivity contribution in [3.8, 4) is 29.0 Å². The van der Waals surface area contributed by atoms with E-state index in [1.54, 1.807) is 24.3 Å². The Labute approximate surface area is 208 Å². The van der Waals surface area contributed by atoms with Crippen LogP contribution in [-0.2, 0) is 0 Å². The van der Waals surface area contributed by atoms with Crippen molar-refractivity contribution in [2.45, 2.75) is 5.03 Å². The van der Waals surface area contributed by atoms with Crippen molar-refractivity contribution in [1.29, 1.82) is 16.1 Å². The second-order valence-electron chi connectivity index (χ2n) is 6.51. The molecule has 176 valence electrons. The molecule has 0 aliphatic rings. The average Bonchev–Trinajstić information content (AvgIpc) is 2.88. The van der Waals surface area contributed by atoms with Crippen LogP contribution in [0.2, 0.25) is 5.02 Å². The number of nitro groups is 1. The molecule has 0 saturated heterocycles. The lowest BCUT2D eigenvalue weighted by atomic mass is 9.97. The molecule has 3 aromatic rings. The monoisotopic (exact) mass is 510 g/mol. The smallest absolute Gasteiger partial charge is 0.270 e. The number of aromatic nitrogens is 1. The molecule has 0 saturated carbocycles. The Kier molecular flexibility index (Phi) is 9.23. The van der Waals surface area contributed by atoms with E-state index in [9.17, 15) is 25.4 Å². The van der Waals surface area contributed by atoms with Gasteiger partial charge in [0.15, 0.2) is 5.78 Å². The minimum atomic E-state index is -0.627. The molecule has 0 amide bonds. The molecular weight excluding hydrogens is 496 g/mol. The molecule has 0 unspecified atom stereocenters. The number of ketones is 1. The maximum atomic E-state index is 12.7. The third kappa shape index (κ3) is 5.89. The SMILES string of the molecule is COc1ccc(-c2c(C#N)c(N)nc(SCC(=O)c3cc([N+](=O)[O-])ccc3Cl)c2C#N)cc1.N=O. The summed E-state index contributed by atoms with van der Waals surface area (Å²) < 4.78 is 5.14. The molecule has 3 N–H and O–H groups in total. The molecule has 0 spiro atoms. The number of anilines is 1. The van der Waals surface area contributed by atoms with Crippen LogP contribution in [0.5, 0.6) is 5.75 Å². The number of nitriles is 2. The summed E-state index contributed by atoms with van der Waals surface area (Å²) in [6.07, 6.45) is 0. The zero-order valence-corrected chi connectivity index (χ0v) is 19.5. The number of Topliss-reactive ketones (excluding diaryl/α,β-unsaturated/α-hetero) is 1. The summed E-state index contributed by atoms with van der Waals surface area (Å²) in [5.41, 5.74) is 11.1. The number of hydrogen-bond donors (Lipinski definition) is 2. The number of nitrogens with zero attached hydrogens (tertiary/aromatic N) is 4. The van der Waals surface area contributed by atoms with Crippen LogP contribution in [-0.4, -0.2) is 28.6 Å².